The number of nitro benzene ring substituents is 1. The molecule has 108 valence electrons. The van der Waals surface area contributed by atoms with Crippen molar-refractivity contribution >= 4 is 11.4 Å². The highest BCUT2D eigenvalue weighted by Crippen LogP contribution is 2.31. The zero-order valence-electron chi connectivity index (χ0n) is 11.7. The van der Waals surface area contributed by atoms with Crippen molar-refractivity contribution in [1.29, 1.82) is 0 Å². The van der Waals surface area contributed by atoms with Gasteiger partial charge in [-0.3, -0.25) is 10.1 Å². The first-order valence-electron chi connectivity index (χ1n) is 6.82. The molecule has 0 saturated heterocycles. The average molecular weight is 286 g/mol. The van der Waals surface area contributed by atoms with Gasteiger partial charge in [-0.1, -0.05) is 24.3 Å². The van der Waals surface area contributed by atoms with Crippen LogP contribution in [0.15, 0.2) is 36.4 Å². The summed E-state index contributed by atoms with van der Waals surface area (Å²) in [5.74, 6) is -0.535. The van der Waals surface area contributed by atoms with Gasteiger partial charge < -0.3 is 4.90 Å². The third-order valence-corrected chi connectivity index (χ3v) is 3.93. The first-order valence-corrected chi connectivity index (χ1v) is 6.82. The number of halogens is 1. The van der Waals surface area contributed by atoms with Crippen molar-refractivity contribution in [3.8, 4) is 0 Å². The van der Waals surface area contributed by atoms with Crippen molar-refractivity contribution in [1.82, 2.24) is 0 Å². The molecule has 3 rings (SSSR count). The molecular weight excluding hydrogens is 271 g/mol. The number of aryl methyl sites for hydroxylation is 1. The highest BCUT2D eigenvalue weighted by atomic mass is 19.1. The minimum Gasteiger partial charge on any atom is -0.364 e. The summed E-state index contributed by atoms with van der Waals surface area (Å²) in [6.07, 6.45) is 0.853. The predicted octanol–water partition coefficient (Wildman–Crippen LogP) is 3.61. The molecule has 0 N–H and O–H groups in total. The summed E-state index contributed by atoms with van der Waals surface area (Å²) in [7, 11) is 0. The van der Waals surface area contributed by atoms with E-state index in [0.717, 1.165) is 12.5 Å². The van der Waals surface area contributed by atoms with Crippen molar-refractivity contribution in [3.05, 3.63) is 69.0 Å². The second-order valence-corrected chi connectivity index (χ2v) is 5.29. The van der Waals surface area contributed by atoms with Crippen LogP contribution in [0.3, 0.4) is 0 Å². The van der Waals surface area contributed by atoms with Crippen LogP contribution >= 0.6 is 0 Å². The largest absolute Gasteiger partial charge is 0.364 e. The minimum atomic E-state index is -0.548. The summed E-state index contributed by atoms with van der Waals surface area (Å²) in [6.45, 7) is 2.98. The van der Waals surface area contributed by atoms with Gasteiger partial charge in [-0.05, 0) is 30.5 Å². The number of fused-ring (bicyclic) bond motifs is 1. The Morgan fingerprint density at radius 1 is 1.24 bits per heavy atom. The van der Waals surface area contributed by atoms with Crippen LogP contribution in [0.5, 0.6) is 0 Å². The van der Waals surface area contributed by atoms with Gasteiger partial charge in [0.15, 0.2) is 5.82 Å². The van der Waals surface area contributed by atoms with Crippen LogP contribution in [0.25, 0.3) is 0 Å². The molecule has 0 amide bonds. The Labute approximate surface area is 122 Å². The number of hydrogen-bond acceptors (Lipinski definition) is 3. The number of rotatable bonds is 2. The molecule has 21 heavy (non-hydrogen) atoms. The summed E-state index contributed by atoms with van der Waals surface area (Å²) >= 11 is 0. The summed E-state index contributed by atoms with van der Waals surface area (Å²) < 4.78 is 14.2. The highest BCUT2D eigenvalue weighted by Gasteiger charge is 2.22. The summed E-state index contributed by atoms with van der Waals surface area (Å²) in [5.41, 5.74) is 3.21. The Kier molecular flexibility index (Phi) is 3.33. The average Bonchev–Trinajstić information content (AvgIpc) is 2.48. The molecule has 5 heteroatoms. The molecule has 1 aliphatic heterocycles. The number of nitrogens with zero attached hydrogens (tertiary/aromatic N) is 2. The Morgan fingerprint density at radius 2 is 1.95 bits per heavy atom. The molecule has 0 fully saturated rings. The fourth-order valence-corrected chi connectivity index (χ4v) is 2.80. The van der Waals surface area contributed by atoms with Crippen molar-refractivity contribution in [2.75, 3.05) is 11.4 Å². The fraction of sp³-hybridized carbons (Fsp3) is 0.250. The molecule has 1 aliphatic rings. The summed E-state index contributed by atoms with van der Waals surface area (Å²) in [6, 6.07) is 10.7. The van der Waals surface area contributed by atoms with Crippen LogP contribution in [0.1, 0.15) is 16.7 Å². The van der Waals surface area contributed by atoms with Crippen molar-refractivity contribution in [2.24, 2.45) is 0 Å². The van der Waals surface area contributed by atoms with E-state index in [2.05, 4.69) is 6.07 Å². The molecule has 1 heterocycles. The van der Waals surface area contributed by atoms with E-state index in [0.29, 0.717) is 24.3 Å². The van der Waals surface area contributed by atoms with Gasteiger partial charge in [-0.15, -0.1) is 0 Å². The second-order valence-electron chi connectivity index (χ2n) is 5.29. The molecule has 0 atom stereocenters. The van der Waals surface area contributed by atoms with Crippen LogP contribution in [0, 0.1) is 22.9 Å². The van der Waals surface area contributed by atoms with Gasteiger partial charge in [0.25, 0.3) is 5.69 Å². The topological polar surface area (TPSA) is 46.4 Å². The van der Waals surface area contributed by atoms with Crippen LogP contribution in [0.4, 0.5) is 15.8 Å². The molecule has 0 aromatic heterocycles. The van der Waals surface area contributed by atoms with Crippen LogP contribution in [0.2, 0.25) is 0 Å². The van der Waals surface area contributed by atoms with Crippen molar-refractivity contribution in [2.45, 2.75) is 19.9 Å². The normalized spacial score (nSPS) is 13.9. The third-order valence-electron chi connectivity index (χ3n) is 3.93. The maximum Gasteiger partial charge on any atom is 0.275 e. The summed E-state index contributed by atoms with van der Waals surface area (Å²) in [5, 5.41) is 10.9. The number of benzene rings is 2. The number of anilines is 1. The molecular formula is C16H15FN2O2. The van der Waals surface area contributed by atoms with Crippen LogP contribution in [-0.2, 0) is 13.0 Å². The summed E-state index contributed by atoms with van der Waals surface area (Å²) in [4.78, 5) is 12.2. The van der Waals surface area contributed by atoms with Gasteiger partial charge in [0.05, 0.1) is 16.7 Å². The van der Waals surface area contributed by atoms with Crippen LogP contribution in [-0.4, -0.2) is 11.5 Å². The molecule has 0 aliphatic carbocycles. The first kappa shape index (κ1) is 13.5. The van der Waals surface area contributed by atoms with E-state index in [1.807, 2.05) is 23.1 Å². The van der Waals surface area contributed by atoms with E-state index in [4.69, 9.17) is 0 Å². The van der Waals surface area contributed by atoms with Gasteiger partial charge in [-0.2, -0.15) is 0 Å². The lowest BCUT2D eigenvalue weighted by Gasteiger charge is -2.31. The molecule has 0 radical (unpaired) electrons. The maximum absolute atomic E-state index is 14.2. The fourth-order valence-electron chi connectivity index (χ4n) is 2.80. The van der Waals surface area contributed by atoms with E-state index in [1.54, 1.807) is 13.0 Å². The zero-order chi connectivity index (χ0) is 15.0. The van der Waals surface area contributed by atoms with Gasteiger partial charge in [-0.25, -0.2) is 4.39 Å². The Morgan fingerprint density at radius 3 is 2.67 bits per heavy atom. The number of hydrogen-bond donors (Lipinski definition) is 0. The first-order chi connectivity index (χ1) is 10.1. The van der Waals surface area contributed by atoms with E-state index >= 15 is 0 Å². The lowest BCUT2D eigenvalue weighted by atomic mass is 9.99. The van der Waals surface area contributed by atoms with Gasteiger partial charge in [0.2, 0.25) is 0 Å². The molecule has 0 unspecified atom stereocenters. The van der Waals surface area contributed by atoms with E-state index in [1.165, 1.54) is 11.1 Å². The monoisotopic (exact) mass is 286 g/mol. The Hall–Kier alpha value is -2.43. The third kappa shape index (κ3) is 2.46. The smallest absolute Gasteiger partial charge is 0.275 e. The van der Waals surface area contributed by atoms with E-state index in [-0.39, 0.29) is 5.69 Å². The Balaban J connectivity index is 1.96. The molecule has 4 nitrogen and oxygen atoms in total. The van der Waals surface area contributed by atoms with Crippen molar-refractivity contribution in [3.63, 3.8) is 0 Å². The SMILES string of the molecule is Cc1cc(N2CCc3ccccc3C2)c(F)cc1[N+](=O)[O-]. The Bertz CT molecular complexity index is 715. The standard InChI is InChI=1S/C16H15FN2O2/c1-11-8-16(14(17)9-15(11)19(20)21)18-7-6-12-4-2-3-5-13(12)10-18/h2-5,8-9H,6-7,10H2,1H3. The van der Waals surface area contributed by atoms with Crippen LogP contribution < -0.4 is 4.90 Å². The minimum absolute atomic E-state index is 0.173. The van der Waals surface area contributed by atoms with Gasteiger partial charge in [0.1, 0.15) is 0 Å². The second kappa shape index (κ2) is 5.16. The molecule has 0 bridgehead atoms. The van der Waals surface area contributed by atoms with E-state index in [9.17, 15) is 14.5 Å². The van der Waals surface area contributed by atoms with Gasteiger partial charge in [0, 0.05) is 18.7 Å². The zero-order valence-corrected chi connectivity index (χ0v) is 11.7. The lowest BCUT2D eigenvalue weighted by Crippen LogP contribution is -2.31. The van der Waals surface area contributed by atoms with E-state index < -0.39 is 10.7 Å². The number of nitro groups is 1. The lowest BCUT2D eigenvalue weighted by molar-refractivity contribution is -0.385. The molecule has 0 spiro atoms. The molecule has 0 saturated carbocycles. The highest BCUT2D eigenvalue weighted by molar-refractivity contribution is 5.57. The maximum atomic E-state index is 14.2. The molecule has 2 aromatic carbocycles. The quantitative estimate of drug-likeness (QED) is 0.626. The van der Waals surface area contributed by atoms with Crippen molar-refractivity contribution < 1.29 is 9.31 Å². The van der Waals surface area contributed by atoms with Gasteiger partial charge >= 0.3 is 0 Å². The predicted molar refractivity (Wildman–Crippen MR) is 79.0 cm³/mol. The molecule has 2 aromatic rings.